The van der Waals surface area contributed by atoms with Crippen molar-refractivity contribution in [2.45, 2.75) is 32.7 Å². The van der Waals surface area contributed by atoms with E-state index in [9.17, 15) is 14.7 Å². The van der Waals surface area contributed by atoms with Gasteiger partial charge in [0.05, 0.1) is 25.5 Å². The quantitative estimate of drug-likeness (QED) is 0.275. The van der Waals surface area contributed by atoms with Crippen LogP contribution in [0.25, 0.3) is 5.76 Å². The molecule has 0 bridgehead atoms. The van der Waals surface area contributed by atoms with E-state index in [1.54, 1.807) is 31.4 Å². The first-order valence-corrected chi connectivity index (χ1v) is 11.8. The maximum atomic E-state index is 13.4. The van der Waals surface area contributed by atoms with E-state index in [1.807, 2.05) is 50.4 Å². The van der Waals surface area contributed by atoms with E-state index in [0.717, 1.165) is 16.0 Å². The van der Waals surface area contributed by atoms with Gasteiger partial charge in [-0.15, -0.1) is 11.3 Å². The third-order valence-corrected chi connectivity index (χ3v) is 6.98. The van der Waals surface area contributed by atoms with Crippen LogP contribution in [0.5, 0.6) is 11.5 Å². The molecule has 4 rings (SSSR count). The third kappa shape index (κ3) is 3.86. The number of benzene rings is 2. The van der Waals surface area contributed by atoms with Crippen LogP contribution in [-0.2, 0) is 9.59 Å². The van der Waals surface area contributed by atoms with E-state index in [0.29, 0.717) is 22.7 Å². The topological polar surface area (TPSA) is 76.1 Å². The second-order valence-corrected chi connectivity index (χ2v) is 9.40. The van der Waals surface area contributed by atoms with Gasteiger partial charge in [-0.25, -0.2) is 0 Å². The SMILES string of the molecule is COc1cc(C)c(/C(O)=C2\C(=O)C(=O)N(c3ccccc3OC)C2c2cccs2)cc1C(C)C. The predicted molar refractivity (Wildman–Crippen MR) is 134 cm³/mol. The number of aliphatic hydroxyl groups is 1. The molecule has 1 saturated heterocycles. The summed E-state index contributed by atoms with van der Waals surface area (Å²) in [7, 11) is 3.12. The fraction of sp³-hybridized carbons (Fsp3) is 0.259. The molecule has 7 heteroatoms. The van der Waals surface area contributed by atoms with Crippen LogP contribution in [0.4, 0.5) is 5.69 Å². The van der Waals surface area contributed by atoms with Gasteiger partial charge >= 0.3 is 0 Å². The lowest BCUT2D eigenvalue weighted by atomic mass is 9.92. The van der Waals surface area contributed by atoms with Gasteiger partial charge in [0.1, 0.15) is 23.3 Å². The summed E-state index contributed by atoms with van der Waals surface area (Å²) in [4.78, 5) is 28.9. The number of anilines is 1. The Kier molecular flexibility index (Phi) is 6.48. The van der Waals surface area contributed by atoms with E-state index in [-0.39, 0.29) is 17.3 Å². The van der Waals surface area contributed by atoms with Crippen LogP contribution in [0.3, 0.4) is 0 Å². The summed E-state index contributed by atoms with van der Waals surface area (Å²) in [5.74, 6) is -0.327. The van der Waals surface area contributed by atoms with Crippen LogP contribution in [0.1, 0.15) is 47.4 Å². The van der Waals surface area contributed by atoms with Crippen molar-refractivity contribution in [3.63, 3.8) is 0 Å². The average Bonchev–Trinajstić information content (AvgIpc) is 3.45. The fourth-order valence-corrected chi connectivity index (χ4v) is 5.18. The number of hydrogen-bond acceptors (Lipinski definition) is 6. The van der Waals surface area contributed by atoms with Gasteiger partial charge in [-0.2, -0.15) is 0 Å². The molecule has 1 amide bonds. The van der Waals surface area contributed by atoms with Gasteiger partial charge in [0.15, 0.2) is 0 Å². The van der Waals surface area contributed by atoms with Crippen molar-refractivity contribution in [2.75, 3.05) is 19.1 Å². The molecule has 1 aliphatic rings. The minimum absolute atomic E-state index is 0.0568. The molecule has 0 aliphatic carbocycles. The third-order valence-electron chi connectivity index (χ3n) is 6.06. The highest BCUT2D eigenvalue weighted by atomic mass is 32.1. The molecular formula is C27H27NO5S. The van der Waals surface area contributed by atoms with E-state index in [1.165, 1.54) is 23.3 Å². The van der Waals surface area contributed by atoms with Crippen LogP contribution in [-0.4, -0.2) is 31.0 Å². The van der Waals surface area contributed by atoms with Crippen LogP contribution in [0, 0.1) is 6.92 Å². The van der Waals surface area contributed by atoms with Crippen LogP contribution in [0.2, 0.25) is 0 Å². The molecule has 2 aromatic carbocycles. The molecule has 1 unspecified atom stereocenters. The molecule has 1 aromatic heterocycles. The van der Waals surface area contributed by atoms with Crippen molar-refractivity contribution in [1.82, 2.24) is 0 Å². The number of rotatable bonds is 6. The lowest BCUT2D eigenvalue weighted by Crippen LogP contribution is -2.29. The van der Waals surface area contributed by atoms with E-state index >= 15 is 0 Å². The first kappa shape index (κ1) is 23.6. The monoisotopic (exact) mass is 477 g/mol. The summed E-state index contributed by atoms with van der Waals surface area (Å²) < 4.78 is 11.0. The lowest BCUT2D eigenvalue weighted by Gasteiger charge is -2.26. The summed E-state index contributed by atoms with van der Waals surface area (Å²) in [6.45, 7) is 5.91. The average molecular weight is 478 g/mol. The van der Waals surface area contributed by atoms with Crippen molar-refractivity contribution in [2.24, 2.45) is 0 Å². The Balaban J connectivity index is 1.98. The summed E-state index contributed by atoms with van der Waals surface area (Å²) >= 11 is 1.42. The number of aryl methyl sites for hydroxylation is 1. The van der Waals surface area contributed by atoms with Gasteiger partial charge in [0.2, 0.25) is 0 Å². The molecule has 2 heterocycles. The molecule has 0 radical (unpaired) electrons. The molecule has 34 heavy (non-hydrogen) atoms. The van der Waals surface area contributed by atoms with Crippen LogP contribution in [0.15, 0.2) is 59.5 Å². The van der Waals surface area contributed by atoms with E-state index in [4.69, 9.17) is 9.47 Å². The number of para-hydroxylation sites is 2. The van der Waals surface area contributed by atoms with Crippen molar-refractivity contribution in [3.05, 3.63) is 81.1 Å². The number of Topliss-reactive ketones (excluding diaryl/α,β-unsaturated/α-hetero) is 1. The predicted octanol–water partition coefficient (Wildman–Crippen LogP) is 5.82. The minimum Gasteiger partial charge on any atom is -0.507 e. The van der Waals surface area contributed by atoms with Crippen molar-refractivity contribution < 1.29 is 24.2 Å². The molecule has 3 aromatic rings. The second-order valence-electron chi connectivity index (χ2n) is 8.42. The van der Waals surface area contributed by atoms with Gasteiger partial charge in [-0.1, -0.05) is 32.0 Å². The number of nitrogens with zero attached hydrogens (tertiary/aromatic N) is 1. The Morgan fingerprint density at radius 1 is 1.03 bits per heavy atom. The number of ketones is 1. The van der Waals surface area contributed by atoms with Crippen LogP contribution >= 0.6 is 11.3 Å². The number of amides is 1. The smallest absolute Gasteiger partial charge is 0.300 e. The highest BCUT2D eigenvalue weighted by Crippen LogP contribution is 2.46. The number of carbonyl (C=O) groups is 2. The Bertz CT molecular complexity index is 1280. The number of ether oxygens (including phenoxy) is 2. The number of carbonyl (C=O) groups excluding carboxylic acids is 2. The zero-order valence-corrected chi connectivity index (χ0v) is 20.6. The van der Waals surface area contributed by atoms with E-state index < -0.39 is 17.7 Å². The molecule has 6 nitrogen and oxygen atoms in total. The van der Waals surface area contributed by atoms with Crippen molar-refractivity contribution in [3.8, 4) is 11.5 Å². The minimum atomic E-state index is -0.777. The highest BCUT2D eigenvalue weighted by Gasteiger charge is 2.48. The Morgan fingerprint density at radius 2 is 1.74 bits per heavy atom. The van der Waals surface area contributed by atoms with Gasteiger partial charge in [0, 0.05) is 10.4 Å². The first-order chi connectivity index (χ1) is 16.3. The summed E-state index contributed by atoms with van der Waals surface area (Å²) in [5.41, 5.74) is 2.68. The van der Waals surface area contributed by atoms with Gasteiger partial charge < -0.3 is 14.6 Å². The Labute approximate surface area is 203 Å². The fourth-order valence-electron chi connectivity index (χ4n) is 4.35. The van der Waals surface area contributed by atoms with Gasteiger partial charge in [0.25, 0.3) is 11.7 Å². The molecular weight excluding hydrogens is 450 g/mol. The summed E-state index contributed by atoms with van der Waals surface area (Å²) in [6.07, 6.45) is 0. The highest BCUT2D eigenvalue weighted by molar-refractivity contribution is 7.10. The zero-order chi connectivity index (χ0) is 24.6. The van der Waals surface area contributed by atoms with E-state index in [2.05, 4.69) is 0 Å². The van der Waals surface area contributed by atoms with Crippen molar-refractivity contribution >= 4 is 34.5 Å². The molecule has 1 N–H and O–H groups in total. The van der Waals surface area contributed by atoms with Gasteiger partial charge in [-0.3, -0.25) is 14.5 Å². The zero-order valence-electron chi connectivity index (χ0n) is 19.8. The maximum absolute atomic E-state index is 13.4. The lowest BCUT2D eigenvalue weighted by molar-refractivity contribution is -0.132. The first-order valence-electron chi connectivity index (χ1n) is 11.0. The normalized spacial score (nSPS) is 17.5. The molecule has 1 fully saturated rings. The van der Waals surface area contributed by atoms with Gasteiger partial charge in [-0.05, 0) is 59.7 Å². The van der Waals surface area contributed by atoms with Crippen LogP contribution < -0.4 is 14.4 Å². The molecule has 0 saturated carbocycles. The Morgan fingerprint density at radius 3 is 2.35 bits per heavy atom. The molecule has 1 atom stereocenters. The summed E-state index contributed by atoms with van der Waals surface area (Å²) in [6, 6.07) is 13.7. The maximum Gasteiger partial charge on any atom is 0.300 e. The standard InChI is InChI=1S/C27H27NO5S/c1-15(2)17-14-18(16(3)13-21(17)33-5)25(29)23-24(22-11-8-12-34-22)28(27(31)26(23)30)19-9-6-7-10-20(19)32-4/h6-15,24,29H,1-5H3/b25-23+. The largest absolute Gasteiger partial charge is 0.507 e. The second kappa shape index (κ2) is 9.35. The number of hydrogen-bond donors (Lipinski definition) is 1. The number of aliphatic hydroxyl groups excluding tert-OH is 1. The number of methoxy groups -OCH3 is 2. The van der Waals surface area contributed by atoms with Crippen molar-refractivity contribution in [1.29, 1.82) is 0 Å². The number of thiophene rings is 1. The molecule has 0 spiro atoms. The molecule has 1 aliphatic heterocycles. The Hall–Kier alpha value is -3.58. The molecule has 176 valence electrons. The summed E-state index contributed by atoms with van der Waals surface area (Å²) in [5, 5.41) is 13.4.